The second kappa shape index (κ2) is 6.51. The molecule has 0 aromatic heterocycles. The third-order valence-corrected chi connectivity index (χ3v) is 3.19. The number of nitrogens with two attached hydrogens (primary N) is 1. The molecule has 2 aromatic carbocycles. The number of nitrogens with zero attached hydrogens (tertiary/aromatic N) is 2. The maximum absolute atomic E-state index is 12.5. The molecule has 0 radical (unpaired) electrons. The van der Waals surface area contributed by atoms with Crippen molar-refractivity contribution in [3.05, 3.63) is 65.7 Å². The first kappa shape index (κ1) is 15.9. The van der Waals surface area contributed by atoms with Crippen molar-refractivity contribution in [2.24, 2.45) is 10.7 Å². The van der Waals surface area contributed by atoms with E-state index >= 15 is 0 Å². The van der Waals surface area contributed by atoms with Crippen molar-refractivity contribution >= 4 is 11.6 Å². The fraction of sp³-hybridized carbons (Fsp3) is 0.188. The van der Waals surface area contributed by atoms with Gasteiger partial charge in [0, 0.05) is 12.7 Å². The van der Waals surface area contributed by atoms with Crippen LogP contribution in [0.5, 0.6) is 0 Å². The molecule has 0 bridgehead atoms. The number of hydrogen-bond acceptors (Lipinski definition) is 1. The standard InChI is InChI=1S/C16H16F3N3/c1-22(14-5-3-2-4-6-14)15(20)21-11-12-7-9-13(10-8-12)16(17,18)19/h2-10H,11H2,1H3,(H2,20,21). The van der Waals surface area contributed by atoms with Gasteiger partial charge in [0.25, 0.3) is 0 Å². The lowest BCUT2D eigenvalue weighted by molar-refractivity contribution is -0.137. The lowest BCUT2D eigenvalue weighted by atomic mass is 10.1. The number of alkyl halides is 3. The average molecular weight is 307 g/mol. The van der Waals surface area contributed by atoms with E-state index in [1.165, 1.54) is 12.1 Å². The predicted molar refractivity (Wildman–Crippen MR) is 81.6 cm³/mol. The Bertz CT molecular complexity index is 634. The minimum absolute atomic E-state index is 0.223. The van der Waals surface area contributed by atoms with E-state index in [1.54, 1.807) is 11.9 Å². The van der Waals surface area contributed by atoms with Gasteiger partial charge in [-0.1, -0.05) is 30.3 Å². The van der Waals surface area contributed by atoms with Crippen LogP contribution in [0.15, 0.2) is 59.6 Å². The van der Waals surface area contributed by atoms with Crippen LogP contribution in [0, 0.1) is 0 Å². The van der Waals surface area contributed by atoms with Gasteiger partial charge in [0.05, 0.1) is 12.1 Å². The van der Waals surface area contributed by atoms with E-state index in [4.69, 9.17) is 5.73 Å². The normalized spacial score (nSPS) is 12.3. The molecule has 0 fully saturated rings. The maximum Gasteiger partial charge on any atom is 0.416 e. The maximum atomic E-state index is 12.5. The molecule has 0 aliphatic carbocycles. The van der Waals surface area contributed by atoms with E-state index in [0.29, 0.717) is 11.5 Å². The summed E-state index contributed by atoms with van der Waals surface area (Å²) in [5.74, 6) is 0.297. The van der Waals surface area contributed by atoms with Crippen molar-refractivity contribution in [3.8, 4) is 0 Å². The van der Waals surface area contributed by atoms with Crippen molar-refractivity contribution in [2.75, 3.05) is 11.9 Å². The van der Waals surface area contributed by atoms with Gasteiger partial charge in [0.1, 0.15) is 0 Å². The molecule has 0 saturated heterocycles. The Hall–Kier alpha value is -2.50. The molecule has 0 amide bonds. The summed E-state index contributed by atoms with van der Waals surface area (Å²) in [6.45, 7) is 0.223. The van der Waals surface area contributed by atoms with Crippen LogP contribution in [0.3, 0.4) is 0 Å². The molecular weight excluding hydrogens is 291 g/mol. The number of para-hydroxylation sites is 1. The predicted octanol–water partition coefficient (Wildman–Crippen LogP) is 3.66. The zero-order valence-electron chi connectivity index (χ0n) is 12.0. The van der Waals surface area contributed by atoms with Crippen molar-refractivity contribution < 1.29 is 13.2 Å². The fourth-order valence-electron chi connectivity index (χ4n) is 1.86. The van der Waals surface area contributed by atoms with Gasteiger partial charge in [-0.15, -0.1) is 0 Å². The quantitative estimate of drug-likeness (QED) is 0.694. The number of benzene rings is 2. The Morgan fingerprint density at radius 2 is 1.64 bits per heavy atom. The Balaban J connectivity index is 2.05. The van der Waals surface area contributed by atoms with E-state index in [2.05, 4.69) is 4.99 Å². The highest BCUT2D eigenvalue weighted by atomic mass is 19.4. The van der Waals surface area contributed by atoms with Gasteiger partial charge in [-0.3, -0.25) is 0 Å². The van der Waals surface area contributed by atoms with Crippen LogP contribution >= 0.6 is 0 Å². The van der Waals surface area contributed by atoms with Crippen molar-refractivity contribution in [2.45, 2.75) is 12.7 Å². The Morgan fingerprint density at radius 3 is 2.18 bits per heavy atom. The van der Waals surface area contributed by atoms with Crippen LogP contribution in [0.4, 0.5) is 18.9 Å². The summed E-state index contributed by atoms with van der Waals surface area (Å²) in [5, 5.41) is 0. The minimum Gasteiger partial charge on any atom is -0.370 e. The molecule has 0 heterocycles. The van der Waals surface area contributed by atoms with Crippen molar-refractivity contribution in [3.63, 3.8) is 0 Å². The molecule has 2 N–H and O–H groups in total. The van der Waals surface area contributed by atoms with Crippen LogP contribution in [0.25, 0.3) is 0 Å². The molecule has 0 unspecified atom stereocenters. The highest BCUT2D eigenvalue weighted by molar-refractivity contribution is 5.94. The summed E-state index contributed by atoms with van der Waals surface area (Å²) in [4.78, 5) is 5.91. The monoisotopic (exact) mass is 307 g/mol. The molecule has 3 nitrogen and oxygen atoms in total. The molecule has 22 heavy (non-hydrogen) atoms. The lowest BCUT2D eigenvalue weighted by Crippen LogP contribution is -2.33. The van der Waals surface area contributed by atoms with E-state index in [1.807, 2.05) is 30.3 Å². The van der Waals surface area contributed by atoms with Crippen LogP contribution in [-0.4, -0.2) is 13.0 Å². The van der Waals surface area contributed by atoms with Gasteiger partial charge >= 0.3 is 6.18 Å². The molecule has 2 aromatic rings. The number of guanidine groups is 1. The van der Waals surface area contributed by atoms with Crippen molar-refractivity contribution in [1.29, 1.82) is 0 Å². The third-order valence-electron chi connectivity index (χ3n) is 3.19. The summed E-state index contributed by atoms with van der Waals surface area (Å²) in [5.41, 5.74) is 6.77. The first-order chi connectivity index (χ1) is 10.4. The number of anilines is 1. The van der Waals surface area contributed by atoms with Crippen LogP contribution in [0.2, 0.25) is 0 Å². The van der Waals surface area contributed by atoms with E-state index in [9.17, 15) is 13.2 Å². The second-order valence-corrected chi connectivity index (χ2v) is 4.76. The molecule has 6 heteroatoms. The number of rotatable bonds is 3. The first-order valence-corrected chi connectivity index (χ1v) is 6.63. The van der Waals surface area contributed by atoms with Gasteiger partial charge in [-0.2, -0.15) is 13.2 Å². The Labute approximate surface area is 126 Å². The van der Waals surface area contributed by atoms with Crippen molar-refractivity contribution in [1.82, 2.24) is 0 Å². The Kier molecular flexibility index (Phi) is 4.70. The molecule has 0 atom stereocenters. The van der Waals surface area contributed by atoms with E-state index in [-0.39, 0.29) is 6.54 Å². The highest BCUT2D eigenvalue weighted by Gasteiger charge is 2.29. The number of aliphatic imine (C=N–C) groups is 1. The molecule has 0 saturated carbocycles. The van der Waals surface area contributed by atoms with Crippen LogP contribution in [-0.2, 0) is 12.7 Å². The number of hydrogen-bond donors (Lipinski definition) is 1. The van der Waals surface area contributed by atoms with Gasteiger partial charge in [-0.05, 0) is 29.8 Å². The summed E-state index contributed by atoms with van der Waals surface area (Å²) in [7, 11) is 1.78. The summed E-state index contributed by atoms with van der Waals surface area (Å²) < 4.78 is 37.4. The lowest BCUT2D eigenvalue weighted by Gasteiger charge is -2.18. The molecule has 0 spiro atoms. The first-order valence-electron chi connectivity index (χ1n) is 6.63. The zero-order valence-corrected chi connectivity index (χ0v) is 12.0. The zero-order chi connectivity index (χ0) is 16.2. The van der Waals surface area contributed by atoms with Crippen LogP contribution in [0.1, 0.15) is 11.1 Å². The third kappa shape index (κ3) is 4.00. The summed E-state index contributed by atoms with van der Waals surface area (Å²) in [6.07, 6.45) is -4.33. The molecule has 0 aliphatic heterocycles. The molecule has 2 rings (SSSR count). The molecule has 116 valence electrons. The van der Waals surface area contributed by atoms with Gasteiger partial charge < -0.3 is 10.6 Å². The second-order valence-electron chi connectivity index (χ2n) is 4.76. The van der Waals surface area contributed by atoms with E-state index in [0.717, 1.165) is 17.8 Å². The van der Waals surface area contributed by atoms with Gasteiger partial charge in [0.2, 0.25) is 0 Å². The fourth-order valence-corrected chi connectivity index (χ4v) is 1.86. The topological polar surface area (TPSA) is 41.6 Å². The minimum atomic E-state index is -4.33. The largest absolute Gasteiger partial charge is 0.416 e. The molecule has 0 aliphatic rings. The summed E-state index contributed by atoms with van der Waals surface area (Å²) in [6, 6.07) is 14.3. The van der Waals surface area contributed by atoms with Gasteiger partial charge in [0.15, 0.2) is 5.96 Å². The number of halogens is 3. The van der Waals surface area contributed by atoms with Crippen LogP contribution < -0.4 is 10.6 Å². The smallest absolute Gasteiger partial charge is 0.370 e. The molecular formula is C16H16F3N3. The average Bonchev–Trinajstić information content (AvgIpc) is 2.52. The highest BCUT2D eigenvalue weighted by Crippen LogP contribution is 2.29. The SMILES string of the molecule is CN(C(N)=NCc1ccc(C(F)(F)F)cc1)c1ccccc1. The van der Waals surface area contributed by atoms with Gasteiger partial charge in [-0.25, -0.2) is 4.99 Å². The summed E-state index contributed by atoms with van der Waals surface area (Å²) >= 11 is 0. The Morgan fingerprint density at radius 1 is 1.05 bits per heavy atom. The van der Waals surface area contributed by atoms with E-state index < -0.39 is 11.7 Å².